The van der Waals surface area contributed by atoms with Gasteiger partial charge in [0.15, 0.2) is 0 Å². The summed E-state index contributed by atoms with van der Waals surface area (Å²) in [5.74, 6) is -0.108. The minimum Gasteiger partial charge on any atom is -0.344 e. The maximum absolute atomic E-state index is 12.5. The zero-order valence-electron chi connectivity index (χ0n) is 13.3. The molecule has 4 nitrogen and oxygen atoms in total. The second kappa shape index (κ2) is 5.88. The number of carbonyl (C=O) groups excluding carboxylic acids is 2. The van der Waals surface area contributed by atoms with Gasteiger partial charge in [-0.1, -0.05) is 45.0 Å². The molecule has 0 aromatic heterocycles. The molecule has 114 valence electrons. The van der Waals surface area contributed by atoms with E-state index in [2.05, 4.69) is 17.4 Å². The molecule has 1 heterocycles. The fraction of sp³-hybridized carbons (Fsp3) is 0.529. The van der Waals surface area contributed by atoms with E-state index in [4.69, 9.17) is 0 Å². The molecule has 0 saturated carbocycles. The van der Waals surface area contributed by atoms with Gasteiger partial charge in [0.25, 0.3) is 0 Å². The summed E-state index contributed by atoms with van der Waals surface area (Å²) in [5.41, 5.74) is 2.03. The summed E-state index contributed by atoms with van der Waals surface area (Å²) in [5, 5.41) is 2.81. The van der Waals surface area contributed by atoms with Crippen LogP contribution in [0.5, 0.6) is 0 Å². The van der Waals surface area contributed by atoms with Gasteiger partial charge in [-0.3, -0.25) is 9.59 Å². The van der Waals surface area contributed by atoms with Crippen molar-refractivity contribution in [3.8, 4) is 0 Å². The van der Waals surface area contributed by atoms with E-state index in [9.17, 15) is 9.59 Å². The Labute approximate surface area is 126 Å². The van der Waals surface area contributed by atoms with Crippen LogP contribution in [0.4, 0.5) is 0 Å². The van der Waals surface area contributed by atoms with Gasteiger partial charge in [-0.2, -0.15) is 0 Å². The summed E-state index contributed by atoms with van der Waals surface area (Å²) >= 11 is 0. The van der Waals surface area contributed by atoms with Gasteiger partial charge in [-0.15, -0.1) is 0 Å². The average molecular weight is 288 g/mol. The Morgan fingerprint density at radius 1 is 1.19 bits per heavy atom. The maximum atomic E-state index is 12.5. The number of fused-ring (bicyclic) bond motifs is 1. The third-order valence-electron chi connectivity index (χ3n) is 3.84. The second-order valence-corrected chi connectivity index (χ2v) is 6.72. The van der Waals surface area contributed by atoms with Crippen LogP contribution in [0.25, 0.3) is 0 Å². The van der Waals surface area contributed by atoms with E-state index in [1.54, 1.807) is 6.92 Å². The van der Waals surface area contributed by atoms with E-state index in [1.807, 2.05) is 37.8 Å². The number of benzene rings is 1. The Morgan fingerprint density at radius 2 is 1.81 bits per heavy atom. The van der Waals surface area contributed by atoms with Crippen molar-refractivity contribution in [2.75, 3.05) is 6.54 Å². The highest BCUT2D eigenvalue weighted by atomic mass is 16.2. The molecule has 4 heteroatoms. The van der Waals surface area contributed by atoms with Crippen LogP contribution >= 0.6 is 0 Å². The second-order valence-electron chi connectivity index (χ2n) is 6.72. The van der Waals surface area contributed by atoms with Crippen LogP contribution in [-0.4, -0.2) is 29.3 Å². The lowest BCUT2D eigenvalue weighted by Crippen LogP contribution is -2.50. The number of nitrogens with one attached hydrogen (secondary N) is 1. The Bertz CT molecular complexity index is 546. The first-order valence-corrected chi connectivity index (χ1v) is 7.45. The van der Waals surface area contributed by atoms with E-state index in [0.717, 1.165) is 6.42 Å². The van der Waals surface area contributed by atoms with Crippen molar-refractivity contribution >= 4 is 11.8 Å². The molecule has 0 saturated heterocycles. The zero-order chi connectivity index (χ0) is 15.6. The Kier molecular flexibility index (Phi) is 4.35. The van der Waals surface area contributed by atoms with Crippen LogP contribution in [0, 0.1) is 5.41 Å². The number of carbonyl (C=O) groups is 2. The standard InChI is InChI=1S/C17H24N2O2/c1-12(18-16(21)17(2,3)4)15(20)19-10-9-13-7-5-6-8-14(13)11-19/h5-8,12H,9-11H2,1-4H3,(H,18,21). The molecule has 1 aliphatic rings. The van der Waals surface area contributed by atoms with Gasteiger partial charge in [-0.05, 0) is 24.5 Å². The summed E-state index contributed by atoms with van der Waals surface area (Å²) in [6.07, 6.45) is 0.877. The monoisotopic (exact) mass is 288 g/mol. The van der Waals surface area contributed by atoms with E-state index >= 15 is 0 Å². The molecule has 0 radical (unpaired) electrons. The molecule has 0 bridgehead atoms. The SMILES string of the molecule is CC(NC(=O)C(C)(C)C)C(=O)N1CCc2ccccc2C1. The van der Waals surface area contributed by atoms with Crippen LogP contribution in [-0.2, 0) is 22.6 Å². The average Bonchev–Trinajstić information content (AvgIpc) is 2.44. The van der Waals surface area contributed by atoms with Crippen molar-refractivity contribution < 1.29 is 9.59 Å². The highest BCUT2D eigenvalue weighted by Gasteiger charge is 2.28. The summed E-state index contributed by atoms with van der Waals surface area (Å²) < 4.78 is 0. The van der Waals surface area contributed by atoms with Crippen molar-refractivity contribution in [3.05, 3.63) is 35.4 Å². The smallest absolute Gasteiger partial charge is 0.245 e. The normalized spacial score (nSPS) is 16.1. The lowest BCUT2D eigenvalue weighted by Gasteiger charge is -2.32. The summed E-state index contributed by atoms with van der Waals surface area (Å²) in [6.45, 7) is 8.63. The fourth-order valence-electron chi connectivity index (χ4n) is 2.43. The summed E-state index contributed by atoms with van der Waals surface area (Å²) in [7, 11) is 0. The molecule has 0 aliphatic carbocycles. The number of hydrogen-bond donors (Lipinski definition) is 1. The quantitative estimate of drug-likeness (QED) is 0.906. The first kappa shape index (κ1) is 15.5. The minimum atomic E-state index is -0.484. The molecule has 1 aromatic rings. The van der Waals surface area contributed by atoms with Gasteiger partial charge in [0.1, 0.15) is 6.04 Å². The molecule has 2 rings (SSSR count). The Balaban J connectivity index is 2.00. The third kappa shape index (κ3) is 3.63. The summed E-state index contributed by atoms with van der Waals surface area (Å²) in [6, 6.07) is 7.72. The van der Waals surface area contributed by atoms with Gasteiger partial charge >= 0.3 is 0 Å². The molecule has 1 unspecified atom stereocenters. The predicted octanol–water partition coefficient (Wildman–Crippen LogP) is 2.12. The first-order valence-electron chi connectivity index (χ1n) is 7.45. The lowest BCUT2D eigenvalue weighted by atomic mass is 9.95. The minimum absolute atomic E-state index is 0.0119. The fourth-order valence-corrected chi connectivity index (χ4v) is 2.43. The lowest BCUT2D eigenvalue weighted by molar-refractivity contribution is -0.138. The first-order chi connectivity index (χ1) is 9.79. The molecular formula is C17H24N2O2. The van der Waals surface area contributed by atoms with Crippen molar-refractivity contribution in [2.45, 2.75) is 46.7 Å². The van der Waals surface area contributed by atoms with Crippen molar-refractivity contribution in [2.24, 2.45) is 5.41 Å². The van der Waals surface area contributed by atoms with Crippen LogP contribution in [0.1, 0.15) is 38.8 Å². The maximum Gasteiger partial charge on any atom is 0.245 e. The van der Waals surface area contributed by atoms with E-state index in [0.29, 0.717) is 13.1 Å². The highest BCUT2D eigenvalue weighted by molar-refractivity contribution is 5.89. The van der Waals surface area contributed by atoms with E-state index in [1.165, 1.54) is 11.1 Å². The Morgan fingerprint density at radius 3 is 2.43 bits per heavy atom. The molecule has 1 aliphatic heterocycles. The van der Waals surface area contributed by atoms with Crippen molar-refractivity contribution in [1.82, 2.24) is 10.2 Å². The largest absolute Gasteiger partial charge is 0.344 e. The number of hydrogen-bond acceptors (Lipinski definition) is 2. The Hall–Kier alpha value is -1.84. The highest BCUT2D eigenvalue weighted by Crippen LogP contribution is 2.19. The van der Waals surface area contributed by atoms with Gasteiger partial charge in [0.05, 0.1) is 0 Å². The van der Waals surface area contributed by atoms with Gasteiger partial charge in [0.2, 0.25) is 11.8 Å². The summed E-state index contributed by atoms with van der Waals surface area (Å²) in [4.78, 5) is 26.3. The molecular weight excluding hydrogens is 264 g/mol. The molecule has 0 fully saturated rings. The topological polar surface area (TPSA) is 49.4 Å². The zero-order valence-corrected chi connectivity index (χ0v) is 13.3. The van der Waals surface area contributed by atoms with Gasteiger partial charge in [-0.25, -0.2) is 0 Å². The third-order valence-corrected chi connectivity index (χ3v) is 3.84. The van der Waals surface area contributed by atoms with Gasteiger partial charge < -0.3 is 10.2 Å². The molecule has 1 aromatic carbocycles. The van der Waals surface area contributed by atoms with Gasteiger partial charge in [0, 0.05) is 18.5 Å². The number of amides is 2. The van der Waals surface area contributed by atoms with Crippen molar-refractivity contribution in [1.29, 1.82) is 0 Å². The van der Waals surface area contributed by atoms with Crippen LogP contribution < -0.4 is 5.32 Å². The van der Waals surface area contributed by atoms with Crippen LogP contribution in [0.15, 0.2) is 24.3 Å². The predicted molar refractivity (Wildman–Crippen MR) is 82.6 cm³/mol. The van der Waals surface area contributed by atoms with E-state index in [-0.39, 0.29) is 11.8 Å². The van der Waals surface area contributed by atoms with Crippen LogP contribution in [0.3, 0.4) is 0 Å². The molecule has 2 amide bonds. The number of rotatable bonds is 2. The number of nitrogens with zero attached hydrogens (tertiary/aromatic N) is 1. The molecule has 1 N–H and O–H groups in total. The van der Waals surface area contributed by atoms with Crippen molar-refractivity contribution in [3.63, 3.8) is 0 Å². The molecule has 1 atom stereocenters. The molecule has 21 heavy (non-hydrogen) atoms. The molecule has 0 spiro atoms. The van der Waals surface area contributed by atoms with Crippen LogP contribution in [0.2, 0.25) is 0 Å². The van der Waals surface area contributed by atoms with E-state index < -0.39 is 11.5 Å².